The van der Waals surface area contributed by atoms with Gasteiger partial charge in [0.05, 0.1) is 30.3 Å². The molecule has 0 bridgehead atoms. The zero-order valence-corrected chi connectivity index (χ0v) is 18.8. The number of aromatic nitrogens is 1. The lowest BCUT2D eigenvalue weighted by Gasteiger charge is -2.26. The van der Waals surface area contributed by atoms with Crippen LogP contribution in [0.4, 0.5) is 5.88 Å². The molecule has 0 radical (unpaired) electrons. The van der Waals surface area contributed by atoms with Crippen LogP contribution in [0.5, 0.6) is 5.75 Å². The molecular weight excluding hydrogens is 472 g/mol. The highest BCUT2D eigenvalue weighted by Gasteiger charge is 2.32. The maximum atomic E-state index is 13.5. The molecule has 0 atom stereocenters. The fourth-order valence-corrected chi connectivity index (χ4v) is 4.96. The number of hydrogen-bond acceptors (Lipinski definition) is 7. The molecule has 3 aromatic rings. The Morgan fingerprint density at radius 3 is 2.47 bits per heavy atom. The normalized spacial score (nSPS) is 14.7. The molecule has 30 heavy (non-hydrogen) atoms. The van der Waals surface area contributed by atoms with Crippen molar-refractivity contribution in [1.29, 1.82) is 0 Å². The van der Waals surface area contributed by atoms with Gasteiger partial charge in [0.2, 0.25) is 26.6 Å². The number of sulfone groups is 1. The Balaban J connectivity index is 1.81. The van der Waals surface area contributed by atoms with E-state index in [2.05, 4.69) is 20.9 Å². The van der Waals surface area contributed by atoms with Crippen LogP contribution in [0.15, 0.2) is 67.3 Å². The summed E-state index contributed by atoms with van der Waals surface area (Å²) in [7, 11) is -3.91. The van der Waals surface area contributed by atoms with E-state index in [1.807, 2.05) is 36.1 Å². The molecule has 7 nitrogen and oxygen atoms in total. The molecule has 0 N–H and O–H groups in total. The van der Waals surface area contributed by atoms with Gasteiger partial charge >= 0.3 is 0 Å². The molecule has 2 heterocycles. The summed E-state index contributed by atoms with van der Waals surface area (Å²) in [4.78, 5) is 6.42. The number of oxazole rings is 1. The van der Waals surface area contributed by atoms with Crippen molar-refractivity contribution in [2.75, 3.05) is 37.8 Å². The van der Waals surface area contributed by atoms with E-state index in [-0.39, 0.29) is 21.7 Å². The monoisotopic (exact) mass is 492 g/mol. The smallest absolute Gasteiger partial charge is 0.236 e. The van der Waals surface area contributed by atoms with E-state index in [0.29, 0.717) is 44.2 Å². The van der Waals surface area contributed by atoms with Crippen molar-refractivity contribution in [2.24, 2.45) is 0 Å². The van der Waals surface area contributed by atoms with Crippen molar-refractivity contribution in [3.05, 3.63) is 53.0 Å². The molecule has 4 rings (SSSR count). The van der Waals surface area contributed by atoms with Crippen molar-refractivity contribution in [1.82, 2.24) is 4.98 Å². The minimum atomic E-state index is -3.91. The summed E-state index contributed by atoms with van der Waals surface area (Å²) >= 11 is 3.48. The third-order valence-corrected chi connectivity index (χ3v) is 7.04. The summed E-state index contributed by atoms with van der Waals surface area (Å²) in [5, 5.41) is -0.0979. The van der Waals surface area contributed by atoms with Crippen LogP contribution < -0.4 is 9.64 Å². The van der Waals surface area contributed by atoms with E-state index in [1.54, 1.807) is 12.1 Å². The van der Waals surface area contributed by atoms with Gasteiger partial charge < -0.3 is 18.8 Å². The van der Waals surface area contributed by atoms with E-state index in [4.69, 9.17) is 13.9 Å². The Morgan fingerprint density at radius 1 is 1.10 bits per heavy atom. The summed E-state index contributed by atoms with van der Waals surface area (Å²) in [6.45, 7) is 4.41. The Labute approximate surface area is 183 Å². The van der Waals surface area contributed by atoms with Gasteiger partial charge in [-0.2, -0.15) is 4.98 Å². The van der Waals surface area contributed by atoms with Crippen molar-refractivity contribution < 1.29 is 22.3 Å². The third-order valence-electron chi connectivity index (χ3n) is 4.68. The first kappa shape index (κ1) is 20.9. The van der Waals surface area contributed by atoms with E-state index in [0.717, 1.165) is 4.47 Å². The lowest BCUT2D eigenvalue weighted by atomic mass is 10.2. The standard InChI is InChI=1S/C21H21BrN2O5S/c1-2-28-15-7-9-16(10-8-15)30(25,26)20-21(24-11-13-27-14-12-24)29-19(23-20)17-5-3-4-6-18(17)22/h3-10H,2,11-14H2,1H3. The first-order valence-electron chi connectivity index (χ1n) is 9.57. The molecule has 158 valence electrons. The molecule has 0 amide bonds. The molecule has 1 aliphatic rings. The number of rotatable bonds is 6. The average Bonchev–Trinajstić information content (AvgIpc) is 3.21. The van der Waals surface area contributed by atoms with Crippen LogP contribution in [-0.4, -0.2) is 46.3 Å². The Kier molecular flexibility index (Phi) is 6.12. The predicted octanol–water partition coefficient (Wildman–Crippen LogP) is 4.17. The van der Waals surface area contributed by atoms with Gasteiger partial charge in [0.25, 0.3) is 0 Å². The van der Waals surface area contributed by atoms with Gasteiger partial charge in [0.15, 0.2) is 0 Å². The number of halogens is 1. The Morgan fingerprint density at radius 2 is 1.80 bits per heavy atom. The number of ether oxygens (including phenoxy) is 2. The zero-order valence-electron chi connectivity index (χ0n) is 16.4. The summed E-state index contributed by atoms with van der Waals surface area (Å²) in [5.41, 5.74) is 0.681. The molecular formula is C21H21BrN2O5S. The fourth-order valence-electron chi connectivity index (χ4n) is 3.18. The highest BCUT2D eigenvalue weighted by molar-refractivity contribution is 9.10. The number of anilines is 1. The van der Waals surface area contributed by atoms with Crippen molar-refractivity contribution >= 4 is 31.7 Å². The molecule has 1 aromatic heterocycles. The third kappa shape index (κ3) is 4.10. The first-order chi connectivity index (χ1) is 14.5. The molecule has 0 spiro atoms. The molecule has 1 saturated heterocycles. The predicted molar refractivity (Wildman–Crippen MR) is 116 cm³/mol. The van der Waals surface area contributed by atoms with Crippen LogP contribution in [-0.2, 0) is 14.6 Å². The summed E-state index contributed by atoms with van der Waals surface area (Å²) < 4.78 is 44.5. The number of benzene rings is 2. The zero-order chi connectivity index (χ0) is 21.1. The first-order valence-corrected chi connectivity index (χ1v) is 11.8. The van der Waals surface area contributed by atoms with Gasteiger partial charge in [-0.15, -0.1) is 0 Å². The Bertz CT molecular complexity index is 1120. The van der Waals surface area contributed by atoms with Crippen LogP contribution in [0.2, 0.25) is 0 Å². The second-order valence-corrected chi connectivity index (χ2v) is 9.34. The largest absolute Gasteiger partial charge is 0.494 e. The maximum Gasteiger partial charge on any atom is 0.236 e. The van der Waals surface area contributed by atoms with Gasteiger partial charge in [0, 0.05) is 17.6 Å². The van der Waals surface area contributed by atoms with Crippen LogP contribution in [0.25, 0.3) is 11.5 Å². The lowest BCUT2D eigenvalue weighted by molar-refractivity contribution is 0.120. The molecule has 9 heteroatoms. The lowest BCUT2D eigenvalue weighted by Crippen LogP contribution is -2.36. The summed E-state index contributed by atoms with van der Waals surface area (Å²) in [6, 6.07) is 13.7. The van der Waals surface area contributed by atoms with E-state index >= 15 is 0 Å². The number of hydrogen-bond donors (Lipinski definition) is 0. The molecule has 0 saturated carbocycles. The van der Waals surface area contributed by atoms with Crippen molar-refractivity contribution in [3.8, 4) is 17.2 Å². The van der Waals surface area contributed by atoms with Gasteiger partial charge in [0.1, 0.15) is 5.75 Å². The van der Waals surface area contributed by atoms with Crippen molar-refractivity contribution in [3.63, 3.8) is 0 Å². The summed E-state index contributed by atoms with van der Waals surface area (Å²) in [6.07, 6.45) is 0. The van der Waals surface area contributed by atoms with Gasteiger partial charge in [-0.25, -0.2) is 8.42 Å². The van der Waals surface area contributed by atoms with Crippen LogP contribution >= 0.6 is 15.9 Å². The average molecular weight is 493 g/mol. The Hall–Kier alpha value is -2.36. The van der Waals surface area contributed by atoms with Crippen molar-refractivity contribution in [2.45, 2.75) is 16.8 Å². The maximum absolute atomic E-state index is 13.5. The van der Waals surface area contributed by atoms with Crippen LogP contribution in [0.3, 0.4) is 0 Å². The van der Waals surface area contributed by atoms with E-state index in [1.165, 1.54) is 12.1 Å². The summed E-state index contributed by atoms with van der Waals surface area (Å²) in [5.74, 6) is 1.09. The second-order valence-electron chi connectivity index (χ2n) is 6.62. The minimum Gasteiger partial charge on any atom is -0.494 e. The minimum absolute atomic E-state index is 0.0979. The molecule has 1 fully saturated rings. The van der Waals surface area contributed by atoms with Gasteiger partial charge in [-0.1, -0.05) is 12.1 Å². The highest BCUT2D eigenvalue weighted by atomic mass is 79.9. The number of nitrogens with zero attached hydrogens (tertiary/aromatic N) is 2. The van der Waals surface area contributed by atoms with E-state index < -0.39 is 9.84 Å². The van der Waals surface area contributed by atoms with Crippen LogP contribution in [0, 0.1) is 0 Å². The SMILES string of the molecule is CCOc1ccc(S(=O)(=O)c2nc(-c3ccccc3Br)oc2N2CCOCC2)cc1. The van der Waals surface area contributed by atoms with Gasteiger partial charge in [-0.05, 0) is 59.3 Å². The van der Waals surface area contributed by atoms with Crippen LogP contribution in [0.1, 0.15) is 6.92 Å². The topological polar surface area (TPSA) is 81.9 Å². The fraction of sp³-hybridized carbons (Fsp3) is 0.286. The number of morpholine rings is 1. The highest BCUT2D eigenvalue weighted by Crippen LogP contribution is 2.37. The van der Waals surface area contributed by atoms with E-state index in [9.17, 15) is 8.42 Å². The molecule has 0 aliphatic carbocycles. The van der Waals surface area contributed by atoms with Gasteiger partial charge in [-0.3, -0.25) is 0 Å². The molecule has 1 aliphatic heterocycles. The second kappa shape index (κ2) is 8.79. The molecule has 0 unspecified atom stereocenters. The molecule has 2 aromatic carbocycles. The quantitative estimate of drug-likeness (QED) is 0.510.